The Morgan fingerprint density at radius 1 is 1.67 bits per heavy atom. The lowest BCUT2D eigenvalue weighted by atomic mass is 9.94. The lowest BCUT2D eigenvalue weighted by molar-refractivity contribution is -0.140. The number of aliphatic carboxylic acids is 1. The first-order chi connectivity index (χ1) is 5.63. The summed E-state index contributed by atoms with van der Waals surface area (Å²) < 4.78 is 4.79. The molecule has 1 atom stereocenters. The first kappa shape index (κ1) is 8.77. The standard InChI is InChI=1S/C8H11NO3/c1-5(2)7(8(10)11)6-3-4-9-12-6/h3-5,7H,1-2H3,(H,10,11). The van der Waals surface area contributed by atoms with Gasteiger partial charge in [-0.3, -0.25) is 4.79 Å². The summed E-state index contributed by atoms with van der Waals surface area (Å²) in [6, 6.07) is 1.58. The lowest BCUT2D eigenvalue weighted by Gasteiger charge is -2.11. The van der Waals surface area contributed by atoms with E-state index in [1.165, 1.54) is 6.20 Å². The van der Waals surface area contributed by atoms with Crippen molar-refractivity contribution in [1.82, 2.24) is 5.16 Å². The van der Waals surface area contributed by atoms with Gasteiger partial charge in [-0.05, 0) is 5.92 Å². The number of carbonyl (C=O) groups is 1. The zero-order chi connectivity index (χ0) is 9.14. The highest BCUT2D eigenvalue weighted by molar-refractivity contribution is 5.75. The molecule has 1 aromatic heterocycles. The Morgan fingerprint density at radius 2 is 2.33 bits per heavy atom. The fourth-order valence-electron chi connectivity index (χ4n) is 1.12. The van der Waals surface area contributed by atoms with Crippen LogP contribution in [-0.4, -0.2) is 16.2 Å². The molecule has 1 unspecified atom stereocenters. The van der Waals surface area contributed by atoms with E-state index in [1.54, 1.807) is 6.07 Å². The Balaban J connectivity index is 2.88. The molecule has 4 heteroatoms. The third kappa shape index (κ3) is 1.64. The van der Waals surface area contributed by atoms with Gasteiger partial charge in [0.2, 0.25) is 0 Å². The van der Waals surface area contributed by atoms with Gasteiger partial charge in [0, 0.05) is 6.07 Å². The average molecular weight is 169 g/mol. The SMILES string of the molecule is CC(C)C(C(=O)O)c1ccno1. The minimum atomic E-state index is -0.873. The molecule has 0 amide bonds. The average Bonchev–Trinajstić information content (AvgIpc) is 2.37. The van der Waals surface area contributed by atoms with Crippen molar-refractivity contribution >= 4 is 5.97 Å². The van der Waals surface area contributed by atoms with Crippen molar-refractivity contribution in [3.63, 3.8) is 0 Å². The van der Waals surface area contributed by atoms with Crippen LogP contribution in [0.3, 0.4) is 0 Å². The number of hydrogen-bond acceptors (Lipinski definition) is 3. The van der Waals surface area contributed by atoms with E-state index in [-0.39, 0.29) is 5.92 Å². The zero-order valence-electron chi connectivity index (χ0n) is 7.02. The lowest BCUT2D eigenvalue weighted by Crippen LogP contribution is -2.16. The highest BCUT2D eigenvalue weighted by Gasteiger charge is 2.26. The Hall–Kier alpha value is -1.32. The van der Waals surface area contributed by atoms with Crippen LogP contribution >= 0.6 is 0 Å². The molecular weight excluding hydrogens is 158 g/mol. The van der Waals surface area contributed by atoms with Crippen LogP contribution in [0.2, 0.25) is 0 Å². The molecular formula is C8H11NO3. The van der Waals surface area contributed by atoms with Crippen molar-refractivity contribution in [2.75, 3.05) is 0 Å². The van der Waals surface area contributed by atoms with Crippen LogP contribution in [0.5, 0.6) is 0 Å². The van der Waals surface area contributed by atoms with Gasteiger partial charge in [-0.15, -0.1) is 0 Å². The molecule has 1 rings (SSSR count). The van der Waals surface area contributed by atoms with Gasteiger partial charge in [-0.25, -0.2) is 0 Å². The van der Waals surface area contributed by atoms with E-state index in [2.05, 4.69) is 5.16 Å². The van der Waals surface area contributed by atoms with E-state index in [4.69, 9.17) is 9.63 Å². The summed E-state index contributed by atoms with van der Waals surface area (Å²) in [7, 11) is 0. The Kier molecular flexibility index (Phi) is 2.47. The molecule has 0 fully saturated rings. The van der Waals surface area contributed by atoms with E-state index in [0.29, 0.717) is 5.76 Å². The van der Waals surface area contributed by atoms with Gasteiger partial charge in [0.25, 0.3) is 0 Å². The molecule has 1 aromatic rings. The van der Waals surface area contributed by atoms with Crippen molar-refractivity contribution < 1.29 is 14.4 Å². The highest BCUT2D eigenvalue weighted by Crippen LogP contribution is 2.23. The number of rotatable bonds is 3. The van der Waals surface area contributed by atoms with Crippen LogP contribution in [-0.2, 0) is 4.79 Å². The van der Waals surface area contributed by atoms with E-state index in [0.717, 1.165) is 0 Å². The summed E-state index contributed by atoms with van der Waals surface area (Å²) in [5.74, 6) is -1.04. The highest BCUT2D eigenvalue weighted by atomic mass is 16.5. The molecule has 0 aromatic carbocycles. The number of aromatic nitrogens is 1. The molecule has 0 saturated carbocycles. The molecule has 0 spiro atoms. The summed E-state index contributed by atoms with van der Waals surface area (Å²) in [6.45, 7) is 3.67. The van der Waals surface area contributed by atoms with Gasteiger partial charge in [0.05, 0.1) is 6.20 Å². The van der Waals surface area contributed by atoms with Crippen LogP contribution in [0.25, 0.3) is 0 Å². The quantitative estimate of drug-likeness (QED) is 0.744. The first-order valence-electron chi connectivity index (χ1n) is 3.76. The maximum Gasteiger partial charge on any atom is 0.314 e. The summed E-state index contributed by atoms with van der Waals surface area (Å²) in [5, 5.41) is 12.3. The molecule has 0 aliphatic heterocycles. The van der Waals surface area contributed by atoms with Crippen LogP contribution in [0, 0.1) is 5.92 Å². The second-order valence-corrected chi connectivity index (χ2v) is 2.97. The van der Waals surface area contributed by atoms with Gasteiger partial charge in [0.1, 0.15) is 5.92 Å². The van der Waals surface area contributed by atoms with Crippen LogP contribution < -0.4 is 0 Å². The molecule has 0 bridgehead atoms. The second-order valence-electron chi connectivity index (χ2n) is 2.97. The predicted octanol–water partition coefficient (Wildman–Crippen LogP) is 1.50. The topological polar surface area (TPSA) is 63.3 Å². The van der Waals surface area contributed by atoms with Crippen molar-refractivity contribution in [3.8, 4) is 0 Å². The molecule has 4 nitrogen and oxygen atoms in total. The smallest absolute Gasteiger partial charge is 0.314 e. The van der Waals surface area contributed by atoms with Crippen molar-refractivity contribution in [2.45, 2.75) is 19.8 Å². The third-order valence-corrected chi connectivity index (χ3v) is 1.70. The third-order valence-electron chi connectivity index (χ3n) is 1.70. The molecule has 1 N–H and O–H groups in total. The molecule has 0 radical (unpaired) electrons. The van der Waals surface area contributed by atoms with Gasteiger partial charge in [-0.2, -0.15) is 0 Å². The van der Waals surface area contributed by atoms with Crippen molar-refractivity contribution in [2.24, 2.45) is 5.92 Å². The molecule has 12 heavy (non-hydrogen) atoms. The predicted molar refractivity (Wildman–Crippen MR) is 41.7 cm³/mol. The number of carboxylic acid groups (broad SMARTS) is 1. The Labute approximate surface area is 70.2 Å². The van der Waals surface area contributed by atoms with Crippen LogP contribution in [0.4, 0.5) is 0 Å². The number of nitrogens with zero attached hydrogens (tertiary/aromatic N) is 1. The minimum Gasteiger partial charge on any atom is -0.481 e. The summed E-state index contributed by atoms with van der Waals surface area (Å²) in [6.07, 6.45) is 1.45. The van der Waals surface area contributed by atoms with E-state index in [9.17, 15) is 4.79 Å². The van der Waals surface area contributed by atoms with Gasteiger partial charge < -0.3 is 9.63 Å². The second kappa shape index (κ2) is 3.38. The summed E-state index contributed by atoms with van der Waals surface area (Å²) in [4.78, 5) is 10.8. The molecule has 1 heterocycles. The monoisotopic (exact) mass is 169 g/mol. The molecule has 0 saturated heterocycles. The van der Waals surface area contributed by atoms with Crippen molar-refractivity contribution in [3.05, 3.63) is 18.0 Å². The largest absolute Gasteiger partial charge is 0.481 e. The maximum atomic E-state index is 10.8. The molecule has 0 aliphatic carbocycles. The zero-order valence-corrected chi connectivity index (χ0v) is 7.02. The van der Waals surface area contributed by atoms with Gasteiger partial charge in [0.15, 0.2) is 5.76 Å². The molecule has 0 aliphatic rings. The van der Waals surface area contributed by atoms with Crippen LogP contribution in [0.15, 0.2) is 16.8 Å². The van der Waals surface area contributed by atoms with E-state index in [1.807, 2.05) is 13.8 Å². The van der Waals surface area contributed by atoms with E-state index >= 15 is 0 Å². The number of hydrogen-bond donors (Lipinski definition) is 1. The fourth-order valence-corrected chi connectivity index (χ4v) is 1.12. The van der Waals surface area contributed by atoms with Gasteiger partial charge in [-0.1, -0.05) is 19.0 Å². The first-order valence-corrected chi connectivity index (χ1v) is 3.76. The maximum absolute atomic E-state index is 10.8. The van der Waals surface area contributed by atoms with Crippen LogP contribution in [0.1, 0.15) is 25.5 Å². The fraction of sp³-hybridized carbons (Fsp3) is 0.500. The summed E-state index contributed by atoms with van der Waals surface area (Å²) >= 11 is 0. The Bertz CT molecular complexity index is 253. The molecule has 66 valence electrons. The van der Waals surface area contributed by atoms with E-state index < -0.39 is 11.9 Å². The van der Waals surface area contributed by atoms with Crippen molar-refractivity contribution in [1.29, 1.82) is 0 Å². The normalized spacial score (nSPS) is 13.2. The summed E-state index contributed by atoms with van der Waals surface area (Å²) in [5.41, 5.74) is 0. The Morgan fingerprint density at radius 3 is 2.67 bits per heavy atom. The minimum absolute atomic E-state index is 0.00968. The number of carboxylic acids is 1. The van der Waals surface area contributed by atoms with Gasteiger partial charge >= 0.3 is 5.97 Å².